The van der Waals surface area contributed by atoms with E-state index in [4.69, 9.17) is 4.74 Å². The van der Waals surface area contributed by atoms with Crippen molar-refractivity contribution < 1.29 is 9.84 Å². The number of hydrogen-bond donors (Lipinski definition) is 2. The molecule has 166 valence electrons. The highest BCUT2D eigenvalue weighted by Crippen LogP contribution is 2.24. The summed E-state index contributed by atoms with van der Waals surface area (Å²) in [6.07, 6.45) is 3.64. The molecule has 31 heavy (non-hydrogen) atoms. The number of unbranched alkanes of at least 4 members (excludes halogenated alkanes) is 1. The summed E-state index contributed by atoms with van der Waals surface area (Å²) in [5.41, 5.74) is 2.36. The van der Waals surface area contributed by atoms with Crippen LogP contribution in [0, 0.1) is 0 Å². The molecule has 3 aromatic rings. The predicted molar refractivity (Wildman–Crippen MR) is 130 cm³/mol. The highest BCUT2D eigenvalue weighted by molar-refractivity contribution is 5.83. The van der Waals surface area contributed by atoms with Crippen LogP contribution in [-0.2, 0) is 11.2 Å². The summed E-state index contributed by atoms with van der Waals surface area (Å²) in [6.45, 7) is 7.41. The molecule has 2 unspecified atom stereocenters. The maximum atomic E-state index is 10.6. The number of ether oxygens (including phenoxy) is 1. The van der Waals surface area contributed by atoms with Gasteiger partial charge in [0.15, 0.2) is 0 Å². The van der Waals surface area contributed by atoms with Crippen LogP contribution in [0.1, 0.15) is 57.3 Å². The minimum atomic E-state index is -0.538. The Balaban J connectivity index is 1.50. The van der Waals surface area contributed by atoms with E-state index in [0.29, 0.717) is 13.2 Å². The van der Waals surface area contributed by atoms with Gasteiger partial charge in [0.25, 0.3) is 0 Å². The highest BCUT2D eigenvalue weighted by Gasteiger charge is 2.20. The highest BCUT2D eigenvalue weighted by atomic mass is 16.5. The van der Waals surface area contributed by atoms with Crippen LogP contribution in [0.4, 0.5) is 0 Å². The van der Waals surface area contributed by atoms with Crippen molar-refractivity contribution in [1.29, 1.82) is 0 Å². The van der Waals surface area contributed by atoms with Crippen molar-refractivity contribution in [1.82, 2.24) is 5.32 Å². The predicted octanol–water partition coefficient (Wildman–Crippen LogP) is 6.06. The topological polar surface area (TPSA) is 41.5 Å². The fourth-order valence-electron chi connectivity index (χ4n) is 4.01. The lowest BCUT2D eigenvalue weighted by Gasteiger charge is -2.29. The first-order valence-electron chi connectivity index (χ1n) is 11.5. The molecule has 3 nitrogen and oxygen atoms in total. The number of benzene rings is 3. The Bertz CT molecular complexity index is 922. The Morgan fingerprint density at radius 1 is 0.935 bits per heavy atom. The van der Waals surface area contributed by atoms with Crippen LogP contribution >= 0.6 is 0 Å². The van der Waals surface area contributed by atoms with Crippen molar-refractivity contribution in [3.8, 4) is 0 Å². The van der Waals surface area contributed by atoms with Gasteiger partial charge in [-0.15, -0.1) is 0 Å². The number of rotatable bonds is 12. The average molecular weight is 420 g/mol. The van der Waals surface area contributed by atoms with Crippen molar-refractivity contribution >= 4 is 10.8 Å². The molecular formula is C28H37NO2. The second-order valence-corrected chi connectivity index (χ2v) is 9.15. The molecule has 0 amide bonds. The lowest BCUT2D eigenvalue weighted by atomic mass is 9.93. The van der Waals surface area contributed by atoms with Crippen molar-refractivity contribution in [2.75, 3.05) is 13.2 Å². The number of nitrogens with one attached hydrogen (secondary N) is 1. The molecule has 0 aromatic heterocycles. The first kappa shape index (κ1) is 23.5. The molecule has 3 rings (SSSR count). The van der Waals surface area contributed by atoms with E-state index in [1.165, 1.54) is 21.9 Å². The van der Waals surface area contributed by atoms with Gasteiger partial charge in [0.05, 0.1) is 18.8 Å². The van der Waals surface area contributed by atoms with Gasteiger partial charge < -0.3 is 15.2 Å². The molecule has 0 aliphatic rings. The van der Waals surface area contributed by atoms with Gasteiger partial charge >= 0.3 is 0 Å². The third kappa shape index (κ3) is 7.46. The van der Waals surface area contributed by atoms with Crippen LogP contribution in [-0.4, -0.2) is 29.9 Å². The molecule has 0 saturated carbocycles. The monoisotopic (exact) mass is 419 g/mol. The maximum Gasteiger partial charge on any atom is 0.0898 e. The fraction of sp³-hybridized carbons (Fsp3) is 0.429. The van der Waals surface area contributed by atoms with E-state index in [2.05, 4.69) is 80.7 Å². The van der Waals surface area contributed by atoms with Crippen LogP contribution in [0.15, 0.2) is 72.8 Å². The van der Waals surface area contributed by atoms with E-state index in [0.717, 1.165) is 25.7 Å². The molecule has 2 atom stereocenters. The third-order valence-corrected chi connectivity index (χ3v) is 5.76. The zero-order valence-electron chi connectivity index (χ0n) is 19.2. The van der Waals surface area contributed by atoms with Crippen LogP contribution in [0.5, 0.6) is 0 Å². The molecule has 0 saturated heterocycles. The third-order valence-electron chi connectivity index (χ3n) is 5.76. The van der Waals surface area contributed by atoms with Crippen molar-refractivity contribution in [2.24, 2.45) is 0 Å². The van der Waals surface area contributed by atoms with Crippen molar-refractivity contribution in [2.45, 2.75) is 64.2 Å². The summed E-state index contributed by atoms with van der Waals surface area (Å²) in [5, 5.41) is 16.6. The quantitative estimate of drug-likeness (QED) is 0.375. The smallest absolute Gasteiger partial charge is 0.0898 e. The summed E-state index contributed by atoms with van der Waals surface area (Å²) >= 11 is 0. The van der Waals surface area contributed by atoms with Gasteiger partial charge in [-0.1, -0.05) is 92.6 Å². The van der Waals surface area contributed by atoms with E-state index in [-0.39, 0.29) is 11.6 Å². The summed E-state index contributed by atoms with van der Waals surface area (Å²) < 4.78 is 6.13. The molecule has 2 N–H and O–H groups in total. The standard InChI is InChI=1S/C28H37NO2/c1-4-5-15-27(24-12-7-6-8-13-24)31-21-26(30)20-29-28(2,3)19-22-16-17-23-11-9-10-14-25(23)18-22/h6-14,16-18,26-27,29-30H,4-5,15,19-21H2,1-3H3. The molecule has 0 aliphatic heterocycles. The van der Waals surface area contributed by atoms with Gasteiger partial charge in [0, 0.05) is 12.1 Å². The first-order valence-corrected chi connectivity index (χ1v) is 11.5. The number of aliphatic hydroxyl groups is 1. The minimum absolute atomic E-state index is 0.0430. The van der Waals surface area contributed by atoms with Crippen molar-refractivity contribution in [3.63, 3.8) is 0 Å². The number of fused-ring (bicyclic) bond motifs is 1. The van der Waals surface area contributed by atoms with Gasteiger partial charge in [0.1, 0.15) is 0 Å². The van der Waals surface area contributed by atoms with Gasteiger partial charge in [0.2, 0.25) is 0 Å². The zero-order valence-corrected chi connectivity index (χ0v) is 19.2. The zero-order chi connectivity index (χ0) is 22.1. The lowest BCUT2D eigenvalue weighted by Crippen LogP contribution is -2.46. The Hall–Kier alpha value is -2.20. The molecule has 3 aromatic carbocycles. The Kier molecular flexibility index (Phi) is 8.65. The number of β-amino-alcohol motifs (C(OH)–C–C–N with tert-alkyl or cyclic N) is 1. The van der Waals surface area contributed by atoms with Gasteiger partial charge in [-0.3, -0.25) is 0 Å². The van der Waals surface area contributed by atoms with E-state index in [1.807, 2.05) is 18.2 Å². The van der Waals surface area contributed by atoms with E-state index < -0.39 is 6.10 Å². The van der Waals surface area contributed by atoms with E-state index in [1.54, 1.807) is 0 Å². The molecule has 0 bridgehead atoms. The van der Waals surface area contributed by atoms with Gasteiger partial charge in [-0.2, -0.15) is 0 Å². The summed E-state index contributed by atoms with van der Waals surface area (Å²) in [5.74, 6) is 0. The van der Waals surface area contributed by atoms with Crippen LogP contribution < -0.4 is 5.32 Å². The van der Waals surface area contributed by atoms with Gasteiger partial charge in [-0.25, -0.2) is 0 Å². The number of aliphatic hydroxyl groups excluding tert-OH is 1. The largest absolute Gasteiger partial charge is 0.389 e. The van der Waals surface area contributed by atoms with Gasteiger partial charge in [-0.05, 0) is 48.6 Å². The average Bonchev–Trinajstić information content (AvgIpc) is 2.78. The molecule has 3 heteroatoms. The number of hydrogen-bond acceptors (Lipinski definition) is 3. The SMILES string of the molecule is CCCCC(OCC(O)CNC(C)(C)Cc1ccc2ccccc2c1)c1ccccc1. The molecular weight excluding hydrogens is 382 g/mol. The van der Waals surface area contributed by atoms with E-state index in [9.17, 15) is 5.11 Å². The van der Waals surface area contributed by atoms with Crippen molar-refractivity contribution in [3.05, 3.63) is 83.9 Å². The lowest BCUT2D eigenvalue weighted by molar-refractivity contribution is -0.0159. The summed E-state index contributed by atoms with van der Waals surface area (Å²) in [7, 11) is 0. The molecule has 0 radical (unpaired) electrons. The Labute approximate surface area is 187 Å². The minimum Gasteiger partial charge on any atom is -0.389 e. The maximum absolute atomic E-state index is 10.6. The molecule has 0 spiro atoms. The summed E-state index contributed by atoms with van der Waals surface area (Å²) in [4.78, 5) is 0. The van der Waals surface area contributed by atoms with Crippen LogP contribution in [0.3, 0.4) is 0 Å². The molecule has 0 aliphatic carbocycles. The normalized spacial score (nSPS) is 13.9. The first-order chi connectivity index (χ1) is 15.0. The second-order valence-electron chi connectivity index (χ2n) is 9.15. The van der Waals surface area contributed by atoms with E-state index >= 15 is 0 Å². The van der Waals surface area contributed by atoms with Crippen LogP contribution in [0.25, 0.3) is 10.8 Å². The fourth-order valence-corrected chi connectivity index (χ4v) is 4.01. The second kappa shape index (κ2) is 11.4. The Morgan fingerprint density at radius 3 is 2.39 bits per heavy atom. The molecule has 0 heterocycles. The Morgan fingerprint density at radius 2 is 1.65 bits per heavy atom. The van der Waals surface area contributed by atoms with Crippen LogP contribution in [0.2, 0.25) is 0 Å². The summed E-state index contributed by atoms with van der Waals surface area (Å²) in [6, 6.07) is 25.4. The molecule has 0 fully saturated rings.